The molecule has 0 radical (unpaired) electrons. The van der Waals surface area contributed by atoms with E-state index in [0.29, 0.717) is 0 Å². The highest BCUT2D eigenvalue weighted by molar-refractivity contribution is 8.00. The number of unbranched alkanes of at least 4 members (excludes halogenated alkanes) is 6. The van der Waals surface area contributed by atoms with E-state index in [1.54, 1.807) is 56.1 Å². The Morgan fingerprint density at radius 2 is 0.726 bits per heavy atom. The summed E-state index contributed by atoms with van der Waals surface area (Å²) in [6, 6.07) is 26.1. The highest BCUT2D eigenvalue weighted by Gasteiger charge is 2.41. The topological polar surface area (TPSA) is 132 Å². The summed E-state index contributed by atoms with van der Waals surface area (Å²) in [6.07, 6.45) is 7.01. The quantitative estimate of drug-likeness (QED) is 0.0401. The van der Waals surface area contributed by atoms with Crippen LogP contribution < -0.4 is 16.0 Å². The van der Waals surface area contributed by atoms with Crippen LogP contribution in [0, 0.1) is 0 Å². The monoisotopic (exact) mass is 929 g/mol. The highest BCUT2D eigenvalue weighted by atomic mass is 32.2. The van der Waals surface area contributed by atoms with E-state index >= 15 is 4.57 Å². The molecule has 0 spiro atoms. The van der Waals surface area contributed by atoms with Gasteiger partial charge in [-0.3, -0.25) is 28.0 Å². The lowest BCUT2D eigenvalue weighted by Gasteiger charge is -2.34. The Kier molecular flexibility index (Phi) is 26.9. The van der Waals surface area contributed by atoms with Gasteiger partial charge in [0.15, 0.2) is 0 Å². The molecule has 0 aliphatic carbocycles. The predicted molar refractivity (Wildman–Crippen MR) is 262 cm³/mol. The summed E-state index contributed by atoms with van der Waals surface area (Å²) >= 11 is 4.74. The minimum Gasteiger partial charge on any atom is -0.346 e. The predicted octanol–water partition coefficient (Wildman–Crippen LogP) is 11.7. The summed E-state index contributed by atoms with van der Waals surface area (Å²) in [5, 5.41) is 9.39. The first-order valence-corrected chi connectivity index (χ1v) is 27.3. The summed E-state index contributed by atoms with van der Waals surface area (Å²) < 4.78 is 35.0. The zero-order valence-electron chi connectivity index (χ0n) is 37.8. The number of amides is 3. The van der Waals surface area contributed by atoms with Gasteiger partial charge in [-0.15, -0.1) is 0 Å². The fourth-order valence-corrected chi connectivity index (χ4v) is 11.0. The molecule has 3 amide bonds. The van der Waals surface area contributed by atoms with Crippen LogP contribution in [-0.4, -0.2) is 70.6 Å². The Bertz CT molecular complexity index is 1530. The van der Waals surface area contributed by atoms with Crippen molar-refractivity contribution in [3.8, 4) is 0 Å². The van der Waals surface area contributed by atoms with Gasteiger partial charge in [0, 0.05) is 0 Å². The van der Waals surface area contributed by atoms with E-state index in [1.165, 1.54) is 0 Å². The van der Waals surface area contributed by atoms with E-state index in [-0.39, 0.29) is 35.0 Å². The Morgan fingerprint density at radius 1 is 0.468 bits per heavy atom. The number of phosphoric ester groups is 1. The van der Waals surface area contributed by atoms with E-state index in [2.05, 4.69) is 36.7 Å². The molecule has 0 saturated heterocycles. The van der Waals surface area contributed by atoms with E-state index in [1.807, 2.05) is 91.0 Å². The first kappa shape index (κ1) is 53.6. The molecule has 3 N–H and O–H groups in total. The molecular weight excluding hydrogens is 858 g/mol. The summed E-state index contributed by atoms with van der Waals surface area (Å²) in [5.74, 6) is 2.92. The smallest absolute Gasteiger partial charge is 0.346 e. The van der Waals surface area contributed by atoms with E-state index in [4.69, 9.17) is 13.6 Å². The van der Waals surface area contributed by atoms with Gasteiger partial charge < -0.3 is 16.0 Å². The van der Waals surface area contributed by atoms with E-state index < -0.39 is 44.3 Å². The first-order chi connectivity index (χ1) is 30.0. The molecule has 0 aliphatic heterocycles. The highest BCUT2D eigenvalue weighted by Crippen LogP contribution is 2.56. The van der Waals surface area contributed by atoms with Gasteiger partial charge in [-0.05, 0) is 74.0 Å². The molecule has 3 aromatic carbocycles. The van der Waals surface area contributed by atoms with Crippen LogP contribution in [0.5, 0.6) is 0 Å². The Labute approximate surface area is 385 Å². The van der Waals surface area contributed by atoms with Gasteiger partial charge in [0.05, 0.1) is 53.7 Å². The van der Waals surface area contributed by atoms with Crippen molar-refractivity contribution in [2.24, 2.45) is 0 Å². The van der Waals surface area contributed by atoms with Crippen LogP contribution in [0.1, 0.15) is 134 Å². The van der Waals surface area contributed by atoms with Gasteiger partial charge in [0.25, 0.3) is 0 Å². The molecule has 344 valence electrons. The van der Waals surface area contributed by atoms with Gasteiger partial charge >= 0.3 is 7.82 Å². The third-order valence-corrected chi connectivity index (χ3v) is 15.0. The Hall–Kier alpha value is -2.77. The van der Waals surface area contributed by atoms with Gasteiger partial charge in [0.2, 0.25) is 17.7 Å². The van der Waals surface area contributed by atoms with Crippen molar-refractivity contribution in [1.29, 1.82) is 0 Å². The molecule has 0 aromatic heterocycles. The minimum absolute atomic E-state index is 0.173. The number of phosphoric acid groups is 1. The third-order valence-electron chi connectivity index (χ3n) is 10.1. The van der Waals surface area contributed by atoms with Crippen molar-refractivity contribution in [3.63, 3.8) is 0 Å². The molecule has 6 unspecified atom stereocenters. The number of benzene rings is 3. The van der Waals surface area contributed by atoms with Crippen LogP contribution in [0.3, 0.4) is 0 Å². The van der Waals surface area contributed by atoms with Crippen molar-refractivity contribution in [3.05, 3.63) is 108 Å². The Balaban J connectivity index is 1.98. The molecule has 0 heterocycles. The third kappa shape index (κ3) is 20.8. The van der Waals surface area contributed by atoms with Gasteiger partial charge in [-0.25, -0.2) is 4.57 Å². The molecule has 0 fully saturated rings. The molecule has 10 nitrogen and oxygen atoms in total. The van der Waals surface area contributed by atoms with Crippen molar-refractivity contribution in [2.75, 3.05) is 34.5 Å². The maximum absolute atomic E-state index is 15.5. The summed E-state index contributed by atoms with van der Waals surface area (Å²) in [4.78, 5) is 40.3. The lowest BCUT2D eigenvalue weighted by atomic mass is 10.0. The minimum atomic E-state index is -4.61. The van der Waals surface area contributed by atoms with Gasteiger partial charge in [-0.2, -0.15) is 35.3 Å². The second-order valence-electron chi connectivity index (χ2n) is 15.5. The van der Waals surface area contributed by atoms with E-state index in [9.17, 15) is 14.4 Å². The van der Waals surface area contributed by atoms with Gasteiger partial charge in [-0.1, -0.05) is 150 Å². The fraction of sp³-hybridized carbons (Fsp3) is 0.562. The average molecular weight is 930 g/mol. The summed E-state index contributed by atoms with van der Waals surface area (Å²) in [5.41, 5.74) is 2.27. The van der Waals surface area contributed by atoms with Crippen LogP contribution in [0.2, 0.25) is 0 Å². The van der Waals surface area contributed by atoms with Crippen LogP contribution in [0.25, 0.3) is 0 Å². The number of hydrogen-bond acceptors (Lipinski definition) is 10. The number of carbonyl (C=O) groups excluding carboxylic acids is 3. The van der Waals surface area contributed by atoms with Crippen LogP contribution in [0.4, 0.5) is 0 Å². The molecule has 6 atom stereocenters. The number of nitrogens with one attached hydrogen (secondary N) is 3. The lowest BCUT2D eigenvalue weighted by Crippen LogP contribution is -2.40. The maximum Gasteiger partial charge on any atom is 0.475 e. The number of thioether (sulfide) groups is 3. The van der Waals surface area contributed by atoms with Crippen molar-refractivity contribution in [2.45, 2.75) is 136 Å². The van der Waals surface area contributed by atoms with Crippen molar-refractivity contribution < 1.29 is 32.5 Å². The molecule has 0 bridgehead atoms. The van der Waals surface area contributed by atoms with Crippen LogP contribution >= 0.6 is 43.1 Å². The van der Waals surface area contributed by atoms with Gasteiger partial charge in [0.1, 0.15) is 0 Å². The molecule has 0 saturated carbocycles. The molecule has 3 aromatic rings. The molecule has 62 heavy (non-hydrogen) atoms. The molecular formula is C48H72N3O7PS3. The van der Waals surface area contributed by atoms with E-state index in [0.717, 1.165) is 91.7 Å². The zero-order valence-corrected chi connectivity index (χ0v) is 41.1. The molecule has 14 heteroatoms. The number of rotatable bonds is 33. The number of hydrogen-bond donors (Lipinski definition) is 3. The number of carbonyl (C=O) groups is 3. The zero-order chi connectivity index (χ0) is 45.0. The first-order valence-electron chi connectivity index (χ1n) is 22.4. The Morgan fingerprint density at radius 3 is 0.968 bits per heavy atom. The molecule has 0 aliphatic rings. The summed E-state index contributed by atoms with van der Waals surface area (Å²) in [6.45, 7) is 11.7. The van der Waals surface area contributed by atoms with Crippen LogP contribution in [0.15, 0.2) is 91.0 Å². The average Bonchev–Trinajstić information content (AvgIpc) is 3.27. The van der Waals surface area contributed by atoms with Crippen LogP contribution in [-0.2, 0) is 32.5 Å². The second-order valence-corrected chi connectivity index (χ2v) is 20.4. The SMILES string of the molecule is CCCCCSCC(=O)NC(c1ccccc1)C(C)OP(=O)(OC(C)C(NC(=O)CSCCCCC)c1ccccc1)OC(C)C(NC(=O)CSCCCCC)c1ccccc1. The fourth-order valence-electron chi connectivity index (χ4n) is 6.77. The van der Waals surface area contributed by atoms with Crippen molar-refractivity contribution >= 4 is 60.8 Å². The molecule has 3 rings (SSSR count). The maximum atomic E-state index is 15.5. The largest absolute Gasteiger partial charge is 0.475 e. The standard InChI is InChI=1S/C48H72N3O7PS3/c1-7-10-22-31-60-34-43(52)49-46(40-25-16-13-17-26-40)37(4)56-59(55,57-38(5)47(41-27-18-14-19-28-41)50-44(53)35-61-32-23-11-8-2)58-39(6)48(42-29-20-15-21-30-42)51-45(54)36-62-33-24-12-9-3/h13-21,25-30,37-39,46-48H,7-12,22-24,31-36H2,1-6H3,(H,49,52)(H,50,53)(H,51,54). The normalized spacial score (nSPS) is 15.3. The summed E-state index contributed by atoms with van der Waals surface area (Å²) in [7, 11) is -4.61. The lowest BCUT2D eigenvalue weighted by molar-refractivity contribution is -0.120. The second kappa shape index (κ2) is 31.2. The van der Waals surface area contributed by atoms with Crippen molar-refractivity contribution in [1.82, 2.24) is 16.0 Å².